The fraction of sp³-hybridized carbons (Fsp3) is 0.316. The zero-order valence-electron chi connectivity index (χ0n) is 16.6. The molecule has 11 heteroatoms. The molecule has 1 aliphatic heterocycles. The van der Waals surface area contributed by atoms with Gasteiger partial charge in [-0.3, -0.25) is 4.79 Å². The molecule has 0 bridgehead atoms. The van der Waals surface area contributed by atoms with E-state index in [1.54, 1.807) is 6.07 Å². The molecule has 0 aliphatic carbocycles. The monoisotopic (exact) mass is 452 g/mol. The van der Waals surface area contributed by atoms with Crippen LogP contribution in [0.5, 0.6) is 0 Å². The van der Waals surface area contributed by atoms with E-state index in [0.717, 1.165) is 22.5 Å². The van der Waals surface area contributed by atoms with Crippen LogP contribution in [0.1, 0.15) is 31.2 Å². The van der Waals surface area contributed by atoms with E-state index in [-0.39, 0.29) is 27.6 Å². The minimum Gasteiger partial charge on any atom is -0.465 e. The molecule has 30 heavy (non-hydrogen) atoms. The molecule has 0 spiro atoms. The van der Waals surface area contributed by atoms with Crippen molar-refractivity contribution in [1.82, 2.24) is 4.90 Å². The van der Waals surface area contributed by atoms with Crippen molar-refractivity contribution in [3.63, 3.8) is 0 Å². The molecule has 1 N–H and O–H groups in total. The summed E-state index contributed by atoms with van der Waals surface area (Å²) in [4.78, 5) is 39.2. The van der Waals surface area contributed by atoms with Gasteiger partial charge in [0.05, 0.1) is 36.8 Å². The van der Waals surface area contributed by atoms with Crippen LogP contribution in [-0.4, -0.2) is 58.3 Å². The number of nitrogens with one attached hydrogen (secondary N) is 1. The molecular weight excluding hydrogens is 432 g/mol. The second kappa shape index (κ2) is 8.44. The topological polar surface area (TPSA) is 119 Å². The minimum absolute atomic E-state index is 0.0293. The number of benzene rings is 1. The molecule has 0 fully saturated rings. The summed E-state index contributed by atoms with van der Waals surface area (Å²) in [5.74, 6) is -1.28. The summed E-state index contributed by atoms with van der Waals surface area (Å²) in [7, 11) is -1.11. The number of thiophene rings is 1. The van der Waals surface area contributed by atoms with Crippen LogP contribution in [0.4, 0.5) is 9.80 Å². The third-order valence-corrected chi connectivity index (χ3v) is 6.92. The van der Waals surface area contributed by atoms with Crippen molar-refractivity contribution in [1.29, 1.82) is 0 Å². The van der Waals surface area contributed by atoms with E-state index in [1.165, 1.54) is 37.3 Å². The van der Waals surface area contributed by atoms with Crippen molar-refractivity contribution in [2.45, 2.75) is 17.9 Å². The van der Waals surface area contributed by atoms with Gasteiger partial charge in [0.2, 0.25) is 0 Å². The summed E-state index contributed by atoms with van der Waals surface area (Å²) in [5.41, 5.74) is 0.879. The number of amides is 2. The maximum Gasteiger partial charge on any atom is 0.409 e. The van der Waals surface area contributed by atoms with Crippen molar-refractivity contribution in [3.8, 4) is 0 Å². The van der Waals surface area contributed by atoms with E-state index >= 15 is 0 Å². The van der Waals surface area contributed by atoms with Gasteiger partial charge in [-0.15, -0.1) is 11.3 Å². The Kier molecular flexibility index (Phi) is 6.13. The molecule has 1 aromatic carbocycles. The molecule has 1 aromatic heterocycles. The summed E-state index contributed by atoms with van der Waals surface area (Å²) in [6, 6.07) is 5.83. The second-order valence-electron chi connectivity index (χ2n) is 6.56. The predicted octanol–water partition coefficient (Wildman–Crippen LogP) is 2.32. The summed E-state index contributed by atoms with van der Waals surface area (Å²) in [6.07, 6.45) is 0.923. The Balaban J connectivity index is 1.99. The zero-order valence-corrected chi connectivity index (χ0v) is 18.2. The van der Waals surface area contributed by atoms with Gasteiger partial charge in [-0.25, -0.2) is 18.0 Å². The van der Waals surface area contributed by atoms with Gasteiger partial charge in [0, 0.05) is 17.7 Å². The molecular formula is C19H20N2O7S2. The highest BCUT2D eigenvalue weighted by Crippen LogP contribution is 2.38. The number of ether oxygens (including phenoxy) is 2. The van der Waals surface area contributed by atoms with E-state index in [2.05, 4.69) is 5.32 Å². The molecule has 160 valence electrons. The van der Waals surface area contributed by atoms with Gasteiger partial charge < -0.3 is 19.7 Å². The number of hydrogen-bond acceptors (Lipinski definition) is 8. The van der Waals surface area contributed by atoms with Gasteiger partial charge in [-0.1, -0.05) is 12.1 Å². The quantitative estimate of drug-likeness (QED) is 0.707. The Labute approximate surface area is 177 Å². The molecule has 0 atom stereocenters. The van der Waals surface area contributed by atoms with Crippen molar-refractivity contribution < 1.29 is 32.3 Å². The maximum atomic E-state index is 12.9. The van der Waals surface area contributed by atoms with Crippen molar-refractivity contribution in [2.75, 3.05) is 32.3 Å². The molecule has 0 saturated carbocycles. The van der Waals surface area contributed by atoms with Gasteiger partial charge in [0.25, 0.3) is 5.91 Å². The minimum atomic E-state index is -3.63. The maximum absolute atomic E-state index is 12.9. The Morgan fingerprint density at radius 2 is 1.83 bits per heavy atom. The Morgan fingerprint density at radius 3 is 2.47 bits per heavy atom. The summed E-state index contributed by atoms with van der Waals surface area (Å²) in [6.45, 7) is 0.581. The van der Waals surface area contributed by atoms with Crippen LogP contribution in [0.25, 0.3) is 0 Å². The zero-order chi connectivity index (χ0) is 22.1. The number of sulfone groups is 1. The van der Waals surface area contributed by atoms with Crippen LogP contribution in [0.15, 0.2) is 29.2 Å². The van der Waals surface area contributed by atoms with Crippen LogP contribution in [0.2, 0.25) is 0 Å². The Morgan fingerprint density at radius 1 is 1.13 bits per heavy atom. The molecule has 0 radical (unpaired) electrons. The summed E-state index contributed by atoms with van der Waals surface area (Å²) in [5, 5.41) is 2.89. The number of rotatable bonds is 4. The normalized spacial score (nSPS) is 13.4. The number of nitrogens with zero attached hydrogens (tertiary/aromatic N) is 1. The van der Waals surface area contributed by atoms with Gasteiger partial charge in [0.1, 0.15) is 5.00 Å². The largest absolute Gasteiger partial charge is 0.465 e. The van der Waals surface area contributed by atoms with Crippen LogP contribution >= 0.6 is 11.3 Å². The first-order valence-electron chi connectivity index (χ1n) is 8.83. The van der Waals surface area contributed by atoms with E-state index in [1.807, 2.05) is 0 Å². The van der Waals surface area contributed by atoms with Crippen molar-refractivity contribution >= 4 is 44.1 Å². The van der Waals surface area contributed by atoms with E-state index in [4.69, 9.17) is 9.47 Å². The Bertz CT molecular complexity index is 1120. The first kappa shape index (κ1) is 21.8. The standard InChI is InChI=1S/C19H20N2O7S2/c1-27-18(23)15-11-8-9-21(19(24)28-2)10-13(11)29-17(15)20-16(22)12-6-4-5-7-14(12)30(3,25)26/h4-7H,8-10H2,1-3H3,(H,20,22). The number of carbonyl (C=O) groups is 3. The fourth-order valence-electron chi connectivity index (χ4n) is 3.24. The third kappa shape index (κ3) is 4.17. The summed E-state index contributed by atoms with van der Waals surface area (Å²) < 4.78 is 33.7. The van der Waals surface area contributed by atoms with Gasteiger partial charge >= 0.3 is 12.1 Å². The van der Waals surface area contributed by atoms with Crippen LogP contribution in [0.3, 0.4) is 0 Å². The molecule has 3 rings (SSSR count). The first-order chi connectivity index (χ1) is 14.2. The smallest absolute Gasteiger partial charge is 0.409 e. The van der Waals surface area contributed by atoms with Gasteiger partial charge in [-0.05, 0) is 24.1 Å². The third-order valence-electron chi connectivity index (χ3n) is 4.64. The molecule has 1 aliphatic rings. The lowest BCUT2D eigenvalue weighted by molar-refractivity contribution is 0.0600. The highest BCUT2D eigenvalue weighted by atomic mass is 32.2. The summed E-state index contributed by atoms with van der Waals surface area (Å²) >= 11 is 1.14. The number of anilines is 1. The average Bonchev–Trinajstić information content (AvgIpc) is 3.08. The highest BCUT2D eigenvalue weighted by molar-refractivity contribution is 7.90. The molecule has 2 heterocycles. The predicted molar refractivity (Wildman–Crippen MR) is 110 cm³/mol. The lowest BCUT2D eigenvalue weighted by Gasteiger charge is -2.25. The van der Waals surface area contributed by atoms with Crippen LogP contribution < -0.4 is 5.32 Å². The van der Waals surface area contributed by atoms with Gasteiger partial charge in [0.15, 0.2) is 9.84 Å². The average molecular weight is 453 g/mol. The fourth-order valence-corrected chi connectivity index (χ4v) is 5.37. The lowest BCUT2D eigenvalue weighted by Crippen LogP contribution is -2.35. The molecule has 2 aromatic rings. The van der Waals surface area contributed by atoms with Crippen molar-refractivity contribution in [2.24, 2.45) is 0 Å². The molecule has 9 nitrogen and oxygen atoms in total. The van der Waals surface area contributed by atoms with Crippen LogP contribution in [0, 0.1) is 0 Å². The number of hydrogen-bond donors (Lipinski definition) is 1. The van der Waals surface area contributed by atoms with E-state index in [0.29, 0.717) is 18.5 Å². The van der Waals surface area contributed by atoms with E-state index < -0.39 is 27.8 Å². The lowest BCUT2D eigenvalue weighted by atomic mass is 10.0. The van der Waals surface area contributed by atoms with Crippen LogP contribution in [-0.2, 0) is 32.3 Å². The second-order valence-corrected chi connectivity index (χ2v) is 9.65. The Hall–Kier alpha value is -2.92. The van der Waals surface area contributed by atoms with Crippen molar-refractivity contribution in [3.05, 3.63) is 45.8 Å². The van der Waals surface area contributed by atoms with E-state index in [9.17, 15) is 22.8 Å². The highest BCUT2D eigenvalue weighted by Gasteiger charge is 2.31. The number of carbonyl (C=O) groups excluding carboxylic acids is 3. The first-order valence-corrected chi connectivity index (χ1v) is 11.5. The van der Waals surface area contributed by atoms with Gasteiger partial charge in [-0.2, -0.15) is 0 Å². The number of fused-ring (bicyclic) bond motifs is 1. The number of methoxy groups -OCH3 is 2. The molecule has 0 saturated heterocycles. The molecule has 2 amide bonds. The molecule has 0 unspecified atom stereocenters. The SMILES string of the molecule is COC(=O)c1c(NC(=O)c2ccccc2S(C)(=O)=O)sc2c1CCN(C(=O)OC)C2. The number of esters is 1.